The second-order valence-electron chi connectivity index (χ2n) is 7.30. The van der Waals surface area contributed by atoms with Crippen molar-refractivity contribution in [1.82, 2.24) is 15.3 Å². The van der Waals surface area contributed by atoms with Crippen LogP contribution in [0.4, 0.5) is 10.1 Å². The van der Waals surface area contributed by atoms with E-state index < -0.39 is 5.82 Å². The summed E-state index contributed by atoms with van der Waals surface area (Å²) in [5, 5.41) is 7.29. The quantitative estimate of drug-likeness (QED) is 0.722. The van der Waals surface area contributed by atoms with Crippen molar-refractivity contribution in [1.29, 1.82) is 0 Å². The van der Waals surface area contributed by atoms with Crippen molar-refractivity contribution in [2.45, 2.75) is 43.1 Å². The fourth-order valence-corrected chi connectivity index (χ4v) is 4.66. The van der Waals surface area contributed by atoms with Crippen LogP contribution in [0, 0.1) is 11.7 Å². The molecule has 5 nitrogen and oxygen atoms in total. The summed E-state index contributed by atoms with van der Waals surface area (Å²) in [7, 11) is 0. The maximum absolute atomic E-state index is 14.4. The summed E-state index contributed by atoms with van der Waals surface area (Å²) < 4.78 is 14.4. The van der Waals surface area contributed by atoms with Crippen LogP contribution in [0.25, 0.3) is 10.9 Å². The maximum atomic E-state index is 14.4. The van der Waals surface area contributed by atoms with E-state index in [4.69, 9.17) is 0 Å². The van der Waals surface area contributed by atoms with Gasteiger partial charge in [0.2, 0.25) is 0 Å². The van der Waals surface area contributed by atoms with E-state index in [-0.39, 0.29) is 10.9 Å². The Morgan fingerprint density at radius 2 is 2.04 bits per heavy atom. The summed E-state index contributed by atoms with van der Waals surface area (Å²) in [6.45, 7) is 2.94. The van der Waals surface area contributed by atoms with Crippen LogP contribution in [0.3, 0.4) is 0 Å². The molecule has 0 radical (unpaired) electrons. The van der Waals surface area contributed by atoms with Crippen molar-refractivity contribution >= 4 is 28.4 Å². The second-order valence-corrected chi connectivity index (χ2v) is 8.59. The number of rotatable bonds is 6. The van der Waals surface area contributed by atoms with Gasteiger partial charge in [-0.2, -0.15) is 11.8 Å². The average molecular weight is 377 g/mol. The molecule has 2 aromatic rings. The fraction of sp³-hybridized carbons (Fsp3) is 0.579. The molecule has 2 fully saturated rings. The number of aromatic amines is 1. The Hall–Kier alpha value is -1.60. The average Bonchev–Trinajstić information content (AvgIpc) is 2.59. The molecule has 1 saturated heterocycles. The molecule has 0 unspecified atom stereocenters. The van der Waals surface area contributed by atoms with Gasteiger partial charge in [-0.1, -0.05) is 6.42 Å². The monoisotopic (exact) mass is 376 g/mol. The predicted molar refractivity (Wildman–Crippen MR) is 105 cm³/mol. The zero-order chi connectivity index (χ0) is 17.9. The van der Waals surface area contributed by atoms with E-state index in [1.807, 2.05) is 11.8 Å². The van der Waals surface area contributed by atoms with Crippen molar-refractivity contribution in [2.24, 2.45) is 5.92 Å². The van der Waals surface area contributed by atoms with Gasteiger partial charge in [-0.25, -0.2) is 9.37 Å². The molecule has 1 saturated carbocycles. The molecule has 2 heterocycles. The Morgan fingerprint density at radius 1 is 1.23 bits per heavy atom. The molecule has 140 valence electrons. The van der Waals surface area contributed by atoms with E-state index in [0.29, 0.717) is 33.9 Å². The smallest absolute Gasteiger partial charge is 0.261 e. The van der Waals surface area contributed by atoms with Crippen molar-refractivity contribution in [3.05, 3.63) is 34.1 Å². The highest BCUT2D eigenvalue weighted by Gasteiger charge is 2.18. The lowest BCUT2D eigenvalue weighted by Gasteiger charge is -2.25. The van der Waals surface area contributed by atoms with E-state index in [1.165, 1.54) is 25.3 Å². The third-order valence-electron chi connectivity index (χ3n) is 5.37. The van der Waals surface area contributed by atoms with Crippen LogP contribution in [-0.2, 0) is 5.75 Å². The number of fused-ring (bicyclic) bond motifs is 1. The molecular formula is C19H25FN4OS. The van der Waals surface area contributed by atoms with Gasteiger partial charge in [0, 0.05) is 17.5 Å². The SMILES string of the molecule is O=c1[nH]c(CSC2CCNCC2)nc2cc(NCC3CCC3)cc(F)c12. The molecule has 0 atom stereocenters. The maximum Gasteiger partial charge on any atom is 0.261 e. The van der Waals surface area contributed by atoms with Gasteiger partial charge < -0.3 is 15.6 Å². The molecule has 4 rings (SSSR count). The molecule has 1 aliphatic heterocycles. The van der Waals surface area contributed by atoms with Crippen molar-refractivity contribution in [2.75, 3.05) is 25.0 Å². The predicted octanol–water partition coefficient (Wildman–Crippen LogP) is 3.26. The van der Waals surface area contributed by atoms with Crippen LogP contribution in [0.1, 0.15) is 37.9 Å². The molecular weight excluding hydrogens is 351 g/mol. The number of nitrogens with zero attached hydrogens (tertiary/aromatic N) is 1. The molecule has 3 N–H and O–H groups in total. The van der Waals surface area contributed by atoms with Crippen LogP contribution < -0.4 is 16.2 Å². The number of hydrogen-bond donors (Lipinski definition) is 3. The van der Waals surface area contributed by atoms with E-state index in [0.717, 1.165) is 32.5 Å². The highest BCUT2D eigenvalue weighted by Crippen LogP contribution is 2.28. The number of nitrogens with one attached hydrogen (secondary N) is 3. The van der Waals surface area contributed by atoms with Crippen LogP contribution >= 0.6 is 11.8 Å². The minimum Gasteiger partial charge on any atom is -0.385 e. The molecule has 1 aliphatic carbocycles. The van der Waals surface area contributed by atoms with Crippen molar-refractivity contribution < 1.29 is 4.39 Å². The van der Waals surface area contributed by atoms with Crippen LogP contribution in [0.5, 0.6) is 0 Å². The Labute approximate surface area is 156 Å². The van der Waals surface area contributed by atoms with Crippen molar-refractivity contribution in [3.63, 3.8) is 0 Å². The van der Waals surface area contributed by atoms with E-state index in [1.54, 1.807) is 6.07 Å². The number of H-pyrrole nitrogens is 1. The first-order chi connectivity index (χ1) is 12.7. The molecule has 0 bridgehead atoms. The lowest BCUT2D eigenvalue weighted by atomic mass is 9.85. The Bertz CT molecular complexity index is 830. The Kier molecular flexibility index (Phi) is 5.45. The van der Waals surface area contributed by atoms with Gasteiger partial charge >= 0.3 is 0 Å². The second kappa shape index (κ2) is 7.96. The molecule has 7 heteroatoms. The highest BCUT2D eigenvalue weighted by atomic mass is 32.2. The third-order valence-corrected chi connectivity index (χ3v) is 6.75. The number of benzene rings is 1. The zero-order valence-electron chi connectivity index (χ0n) is 14.8. The molecule has 0 spiro atoms. The van der Waals surface area contributed by atoms with E-state index >= 15 is 0 Å². The largest absolute Gasteiger partial charge is 0.385 e. The van der Waals surface area contributed by atoms with Gasteiger partial charge in [0.1, 0.15) is 17.0 Å². The minimum absolute atomic E-state index is 0.0508. The topological polar surface area (TPSA) is 69.8 Å². The van der Waals surface area contributed by atoms with Crippen LogP contribution in [-0.4, -0.2) is 34.9 Å². The number of aromatic nitrogens is 2. The molecule has 1 aromatic carbocycles. The van der Waals surface area contributed by atoms with Crippen LogP contribution in [0.15, 0.2) is 16.9 Å². The summed E-state index contributed by atoms with van der Waals surface area (Å²) in [5.41, 5.74) is 0.752. The zero-order valence-corrected chi connectivity index (χ0v) is 15.6. The number of anilines is 1. The minimum atomic E-state index is -0.509. The number of thioether (sulfide) groups is 1. The summed E-state index contributed by atoms with van der Waals surface area (Å²) in [6.07, 6.45) is 6.02. The molecule has 26 heavy (non-hydrogen) atoms. The van der Waals surface area contributed by atoms with Gasteiger partial charge in [0.25, 0.3) is 5.56 Å². The van der Waals surface area contributed by atoms with Gasteiger partial charge in [-0.05, 0) is 56.8 Å². The summed E-state index contributed by atoms with van der Waals surface area (Å²) in [6, 6.07) is 3.20. The standard InChI is InChI=1S/C19H25FN4OS/c20-15-8-13(22-10-12-2-1-3-12)9-16-18(15)19(25)24-17(23-16)11-26-14-4-6-21-7-5-14/h8-9,12,14,21-22H,1-7,10-11H2,(H,23,24,25). The first-order valence-electron chi connectivity index (χ1n) is 9.47. The summed E-state index contributed by atoms with van der Waals surface area (Å²) in [5.74, 6) is 1.45. The van der Waals surface area contributed by atoms with Gasteiger partial charge in [0.05, 0.1) is 11.3 Å². The lowest BCUT2D eigenvalue weighted by molar-refractivity contribution is 0.333. The van der Waals surface area contributed by atoms with Crippen molar-refractivity contribution in [3.8, 4) is 0 Å². The third kappa shape index (κ3) is 4.04. The summed E-state index contributed by atoms with van der Waals surface area (Å²) >= 11 is 1.82. The number of piperidine rings is 1. The normalized spacial score (nSPS) is 18.8. The van der Waals surface area contributed by atoms with Gasteiger partial charge in [-0.3, -0.25) is 4.79 Å². The van der Waals surface area contributed by atoms with E-state index in [2.05, 4.69) is 20.6 Å². The lowest BCUT2D eigenvalue weighted by Crippen LogP contribution is -2.29. The number of hydrogen-bond acceptors (Lipinski definition) is 5. The first-order valence-corrected chi connectivity index (χ1v) is 10.5. The molecule has 1 aromatic heterocycles. The molecule has 2 aliphatic rings. The fourth-order valence-electron chi connectivity index (χ4n) is 3.56. The van der Waals surface area contributed by atoms with Gasteiger partial charge in [0.15, 0.2) is 0 Å². The Balaban J connectivity index is 1.51. The number of halogens is 1. The highest BCUT2D eigenvalue weighted by molar-refractivity contribution is 7.99. The summed E-state index contributed by atoms with van der Waals surface area (Å²) in [4.78, 5) is 19.6. The van der Waals surface area contributed by atoms with Crippen LogP contribution in [0.2, 0.25) is 0 Å². The molecule has 0 amide bonds. The van der Waals surface area contributed by atoms with Gasteiger partial charge in [-0.15, -0.1) is 0 Å². The van der Waals surface area contributed by atoms with E-state index in [9.17, 15) is 9.18 Å². The Morgan fingerprint density at radius 3 is 2.77 bits per heavy atom. The first kappa shape index (κ1) is 17.8.